The summed E-state index contributed by atoms with van der Waals surface area (Å²) in [4.78, 5) is 37.6. The molecule has 1 aromatic carbocycles. The van der Waals surface area contributed by atoms with Crippen molar-refractivity contribution in [1.82, 2.24) is 4.90 Å². The lowest BCUT2D eigenvalue weighted by molar-refractivity contribution is -0.168. The van der Waals surface area contributed by atoms with Crippen LogP contribution >= 0.6 is 0 Å². The van der Waals surface area contributed by atoms with Crippen molar-refractivity contribution in [3.8, 4) is 0 Å². The molecule has 6 nitrogen and oxygen atoms in total. The Labute approximate surface area is 141 Å². The maximum atomic E-state index is 12.3. The molecule has 0 spiro atoms. The summed E-state index contributed by atoms with van der Waals surface area (Å²) in [6.07, 6.45) is 1.46. The van der Waals surface area contributed by atoms with Gasteiger partial charge in [0.2, 0.25) is 0 Å². The summed E-state index contributed by atoms with van der Waals surface area (Å²) in [5.74, 6) is -1.99. The first-order chi connectivity index (χ1) is 11.3. The molecule has 1 saturated heterocycles. The molecule has 130 valence electrons. The highest BCUT2D eigenvalue weighted by atomic mass is 16.6. The van der Waals surface area contributed by atoms with Gasteiger partial charge in [-0.2, -0.15) is 0 Å². The highest BCUT2D eigenvalue weighted by Gasteiger charge is 2.35. The fraction of sp³-hybridized carbons (Fsp3) is 0.500. The second-order valence-corrected chi connectivity index (χ2v) is 6.76. The van der Waals surface area contributed by atoms with E-state index in [9.17, 15) is 14.4 Å². The molecule has 0 bridgehead atoms. The molecule has 0 aromatic heterocycles. The van der Waals surface area contributed by atoms with Crippen molar-refractivity contribution in [2.75, 3.05) is 13.2 Å². The van der Waals surface area contributed by atoms with Crippen LogP contribution in [0, 0.1) is 0 Å². The van der Waals surface area contributed by atoms with Gasteiger partial charge in [0.25, 0.3) is 0 Å². The van der Waals surface area contributed by atoms with E-state index in [1.807, 2.05) is 6.07 Å². The van der Waals surface area contributed by atoms with Gasteiger partial charge < -0.3 is 14.4 Å². The van der Waals surface area contributed by atoms with E-state index >= 15 is 0 Å². The minimum Gasteiger partial charge on any atom is -0.460 e. The summed E-state index contributed by atoms with van der Waals surface area (Å²) in [6, 6.07) is 8.36. The number of rotatable bonds is 3. The number of amides is 1. The molecule has 1 aromatic rings. The number of benzene rings is 1. The first-order valence-electron chi connectivity index (χ1n) is 8.04. The molecule has 24 heavy (non-hydrogen) atoms. The van der Waals surface area contributed by atoms with Crippen LogP contribution in [-0.2, 0) is 19.1 Å². The number of carbonyl (C=O) groups is 3. The van der Waals surface area contributed by atoms with E-state index in [1.54, 1.807) is 45.0 Å². The molecule has 6 heteroatoms. The smallest absolute Gasteiger partial charge is 0.397 e. The summed E-state index contributed by atoms with van der Waals surface area (Å²) in [5.41, 5.74) is -0.262. The maximum absolute atomic E-state index is 12.3. The Kier molecular flexibility index (Phi) is 5.59. The number of esters is 2. The van der Waals surface area contributed by atoms with Crippen molar-refractivity contribution >= 4 is 17.8 Å². The Hall–Kier alpha value is -2.37. The van der Waals surface area contributed by atoms with Gasteiger partial charge in [0.15, 0.2) is 0 Å². The molecule has 1 amide bonds. The third-order valence-corrected chi connectivity index (χ3v) is 3.63. The number of carbonyl (C=O) groups excluding carboxylic acids is 3. The van der Waals surface area contributed by atoms with E-state index < -0.39 is 23.4 Å². The molecule has 1 atom stereocenters. The number of ether oxygens (including phenoxy) is 2. The van der Waals surface area contributed by atoms with Crippen LogP contribution in [0.2, 0.25) is 0 Å². The quantitative estimate of drug-likeness (QED) is 0.626. The summed E-state index contributed by atoms with van der Waals surface area (Å²) >= 11 is 0. The van der Waals surface area contributed by atoms with Crippen LogP contribution in [0.15, 0.2) is 30.3 Å². The molecule has 0 N–H and O–H groups in total. The Balaban J connectivity index is 1.92. The topological polar surface area (TPSA) is 72.9 Å². The van der Waals surface area contributed by atoms with Gasteiger partial charge in [-0.3, -0.25) is 4.79 Å². The third kappa shape index (κ3) is 4.81. The lowest BCUT2D eigenvalue weighted by Crippen LogP contribution is -2.44. The van der Waals surface area contributed by atoms with E-state index in [2.05, 4.69) is 0 Å². The zero-order chi connectivity index (χ0) is 17.7. The van der Waals surface area contributed by atoms with Crippen LogP contribution in [0.25, 0.3) is 0 Å². The Morgan fingerprint density at radius 3 is 2.46 bits per heavy atom. The largest absolute Gasteiger partial charge is 0.460 e. The molecular formula is C18H23NO5. The number of likely N-dealkylation sites (tertiary alicyclic amines) is 1. The van der Waals surface area contributed by atoms with Crippen LogP contribution in [0.5, 0.6) is 0 Å². The molecule has 2 rings (SSSR count). The summed E-state index contributed by atoms with van der Waals surface area (Å²) in [7, 11) is 0. The predicted molar refractivity (Wildman–Crippen MR) is 87.3 cm³/mol. The first kappa shape index (κ1) is 18.0. The van der Waals surface area contributed by atoms with E-state index in [4.69, 9.17) is 9.47 Å². The minimum absolute atomic E-state index is 0.0717. The van der Waals surface area contributed by atoms with Crippen LogP contribution in [0.1, 0.15) is 44.0 Å². The van der Waals surface area contributed by atoms with E-state index in [-0.39, 0.29) is 12.6 Å². The van der Waals surface area contributed by atoms with Crippen molar-refractivity contribution < 1.29 is 23.9 Å². The van der Waals surface area contributed by atoms with Crippen molar-refractivity contribution in [2.24, 2.45) is 0 Å². The molecule has 0 unspecified atom stereocenters. The molecule has 1 aliphatic rings. The van der Waals surface area contributed by atoms with Gasteiger partial charge in [-0.05, 0) is 45.7 Å². The highest BCUT2D eigenvalue weighted by molar-refractivity contribution is 6.32. The van der Waals surface area contributed by atoms with Gasteiger partial charge >= 0.3 is 17.8 Å². The van der Waals surface area contributed by atoms with Crippen LogP contribution in [-0.4, -0.2) is 47.5 Å². The molecule has 1 fully saturated rings. The number of nitrogens with zero attached hydrogens (tertiary/aromatic N) is 1. The van der Waals surface area contributed by atoms with Crippen LogP contribution in [0.4, 0.5) is 0 Å². The standard InChI is InChI=1S/C18H23NO5/c1-18(2,3)24-17(22)15(20)19-11-7-10-14(19)12-23-16(21)13-8-5-4-6-9-13/h4-6,8-9,14H,7,10-12H2,1-3H3/t14-/m0/s1. The Bertz CT molecular complexity index is 606. The molecule has 0 aliphatic carbocycles. The fourth-order valence-corrected chi connectivity index (χ4v) is 2.54. The average Bonchev–Trinajstić information content (AvgIpc) is 2.99. The highest BCUT2D eigenvalue weighted by Crippen LogP contribution is 2.19. The summed E-state index contributed by atoms with van der Waals surface area (Å²) in [5, 5.41) is 0. The van der Waals surface area contributed by atoms with Gasteiger partial charge in [0, 0.05) is 6.54 Å². The van der Waals surface area contributed by atoms with Crippen LogP contribution in [0.3, 0.4) is 0 Å². The van der Waals surface area contributed by atoms with Gasteiger partial charge in [-0.1, -0.05) is 18.2 Å². The van der Waals surface area contributed by atoms with E-state index in [0.29, 0.717) is 18.5 Å². The predicted octanol–water partition coefficient (Wildman–Crippen LogP) is 2.18. The van der Waals surface area contributed by atoms with Crippen molar-refractivity contribution in [1.29, 1.82) is 0 Å². The average molecular weight is 333 g/mol. The van der Waals surface area contributed by atoms with E-state index in [1.165, 1.54) is 4.90 Å². The Morgan fingerprint density at radius 2 is 1.83 bits per heavy atom. The summed E-state index contributed by atoms with van der Waals surface area (Å²) in [6.45, 7) is 5.66. The molecular weight excluding hydrogens is 310 g/mol. The van der Waals surface area contributed by atoms with Gasteiger partial charge in [0.05, 0.1) is 11.6 Å². The molecule has 0 saturated carbocycles. The maximum Gasteiger partial charge on any atom is 0.397 e. The third-order valence-electron chi connectivity index (χ3n) is 3.63. The fourth-order valence-electron chi connectivity index (χ4n) is 2.54. The zero-order valence-corrected chi connectivity index (χ0v) is 14.3. The normalized spacial score (nSPS) is 17.5. The van der Waals surface area contributed by atoms with E-state index in [0.717, 1.165) is 6.42 Å². The lowest BCUT2D eigenvalue weighted by Gasteiger charge is -2.25. The monoisotopic (exact) mass is 333 g/mol. The van der Waals surface area contributed by atoms with Crippen molar-refractivity contribution in [2.45, 2.75) is 45.3 Å². The molecule has 0 radical (unpaired) electrons. The van der Waals surface area contributed by atoms with Crippen molar-refractivity contribution in [3.05, 3.63) is 35.9 Å². The molecule has 1 aliphatic heterocycles. The lowest BCUT2D eigenvalue weighted by atomic mass is 10.2. The number of hydrogen-bond donors (Lipinski definition) is 0. The van der Waals surface area contributed by atoms with Crippen molar-refractivity contribution in [3.63, 3.8) is 0 Å². The minimum atomic E-state index is -0.871. The first-order valence-corrected chi connectivity index (χ1v) is 8.04. The van der Waals surface area contributed by atoms with Crippen LogP contribution < -0.4 is 0 Å². The summed E-state index contributed by atoms with van der Waals surface area (Å²) < 4.78 is 10.4. The second-order valence-electron chi connectivity index (χ2n) is 6.76. The molecule has 1 heterocycles. The number of hydrogen-bond acceptors (Lipinski definition) is 5. The Morgan fingerprint density at radius 1 is 1.17 bits per heavy atom. The SMILES string of the molecule is CC(C)(C)OC(=O)C(=O)N1CCC[C@H]1COC(=O)c1ccccc1. The van der Waals surface area contributed by atoms with Gasteiger partial charge in [-0.25, -0.2) is 9.59 Å². The zero-order valence-electron chi connectivity index (χ0n) is 14.3. The van der Waals surface area contributed by atoms with Gasteiger partial charge in [-0.15, -0.1) is 0 Å². The second kappa shape index (κ2) is 7.47. The van der Waals surface area contributed by atoms with Gasteiger partial charge in [0.1, 0.15) is 12.2 Å².